The number of benzene rings is 1. The van der Waals surface area contributed by atoms with Crippen LogP contribution >= 0.6 is 27.5 Å². The molecule has 0 aliphatic carbocycles. The van der Waals surface area contributed by atoms with Crippen molar-refractivity contribution in [2.75, 3.05) is 6.54 Å². The molecule has 18 heavy (non-hydrogen) atoms. The molecule has 1 aromatic rings. The lowest BCUT2D eigenvalue weighted by Gasteiger charge is -2.23. The molecule has 1 heterocycles. The van der Waals surface area contributed by atoms with Crippen molar-refractivity contribution in [2.45, 2.75) is 6.04 Å². The van der Waals surface area contributed by atoms with Gasteiger partial charge in [-0.15, -0.1) is 6.58 Å². The number of rotatable bonds is 3. The minimum atomic E-state index is -0.374. The number of urea groups is 1. The van der Waals surface area contributed by atoms with Crippen LogP contribution in [0.3, 0.4) is 0 Å². The number of aliphatic imine (C=N–C) groups is 1. The molecule has 2 rings (SSSR count). The molecule has 0 spiro atoms. The van der Waals surface area contributed by atoms with Crippen molar-refractivity contribution in [3.63, 3.8) is 0 Å². The summed E-state index contributed by atoms with van der Waals surface area (Å²) >= 11 is 9.37. The number of halogens is 2. The summed E-state index contributed by atoms with van der Waals surface area (Å²) in [4.78, 5) is 17.0. The predicted molar refractivity (Wildman–Crippen MR) is 75.8 cm³/mol. The molecule has 6 heteroatoms. The van der Waals surface area contributed by atoms with Crippen LogP contribution < -0.4 is 5.73 Å². The van der Waals surface area contributed by atoms with E-state index < -0.39 is 0 Å². The summed E-state index contributed by atoms with van der Waals surface area (Å²) in [5.41, 5.74) is 6.64. The zero-order valence-corrected chi connectivity index (χ0v) is 11.8. The molecule has 0 saturated heterocycles. The van der Waals surface area contributed by atoms with Gasteiger partial charge in [0, 0.05) is 11.0 Å². The van der Waals surface area contributed by atoms with Gasteiger partial charge in [-0.2, -0.15) is 4.99 Å². The van der Waals surface area contributed by atoms with E-state index in [1.54, 1.807) is 17.0 Å². The first-order valence-electron chi connectivity index (χ1n) is 5.25. The van der Waals surface area contributed by atoms with E-state index in [-0.39, 0.29) is 17.9 Å². The van der Waals surface area contributed by atoms with E-state index in [4.69, 9.17) is 17.3 Å². The maximum Gasteiger partial charge on any atom is 0.346 e. The van der Waals surface area contributed by atoms with Crippen LogP contribution in [-0.4, -0.2) is 23.3 Å². The fraction of sp³-hybridized carbons (Fsp3) is 0.167. The molecule has 1 aromatic carbocycles. The summed E-state index contributed by atoms with van der Waals surface area (Å²) in [6, 6.07) is 4.72. The molecule has 0 bridgehead atoms. The molecular formula is C12H11BrClN3O. The molecule has 1 unspecified atom stereocenters. The fourth-order valence-electron chi connectivity index (χ4n) is 1.86. The van der Waals surface area contributed by atoms with E-state index in [0.29, 0.717) is 11.6 Å². The van der Waals surface area contributed by atoms with Crippen molar-refractivity contribution in [3.8, 4) is 0 Å². The van der Waals surface area contributed by atoms with Crippen LogP contribution in [-0.2, 0) is 0 Å². The van der Waals surface area contributed by atoms with Crippen molar-refractivity contribution in [3.05, 3.63) is 45.9 Å². The molecule has 1 aliphatic heterocycles. The highest BCUT2D eigenvalue weighted by Gasteiger charge is 2.33. The van der Waals surface area contributed by atoms with E-state index in [0.717, 1.165) is 10.0 Å². The van der Waals surface area contributed by atoms with Gasteiger partial charge in [-0.1, -0.05) is 23.7 Å². The molecule has 1 aliphatic rings. The number of nitrogens with two attached hydrogens (primary N) is 1. The summed E-state index contributed by atoms with van der Waals surface area (Å²) in [6.45, 7) is 4.01. The van der Waals surface area contributed by atoms with Crippen molar-refractivity contribution < 1.29 is 4.79 Å². The van der Waals surface area contributed by atoms with Crippen LogP contribution in [0, 0.1) is 0 Å². The van der Waals surface area contributed by atoms with Gasteiger partial charge in [-0.05, 0) is 33.6 Å². The third-order valence-corrected chi connectivity index (χ3v) is 3.88. The Morgan fingerprint density at radius 1 is 1.61 bits per heavy atom. The number of amidine groups is 1. The summed E-state index contributed by atoms with van der Waals surface area (Å²) in [6.07, 6.45) is 1.64. The average Bonchev–Trinajstić information content (AvgIpc) is 2.59. The molecule has 1 atom stereocenters. The zero-order chi connectivity index (χ0) is 13.3. The van der Waals surface area contributed by atoms with E-state index in [9.17, 15) is 4.79 Å². The van der Waals surface area contributed by atoms with Crippen LogP contribution in [0.5, 0.6) is 0 Å². The minimum absolute atomic E-state index is 0.278. The van der Waals surface area contributed by atoms with Gasteiger partial charge in [-0.25, -0.2) is 4.79 Å². The molecular weight excluding hydrogens is 318 g/mol. The van der Waals surface area contributed by atoms with Crippen LogP contribution in [0.25, 0.3) is 0 Å². The highest BCUT2D eigenvalue weighted by Crippen LogP contribution is 2.31. The van der Waals surface area contributed by atoms with Gasteiger partial charge in [0.25, 0.3) is 0 Å². The van der Waals surface area contributed by atoms with Gasteiger partial charge in [0.1, 0.15) is 11.9 Å². The van der Waals surface area contributed by atoms with Gasteiger partial charge in [0.05, 0.1) is 5.02 Å². The Morgan fingerprint density at radius 2 is 2.33 bits per heavy atom. The number of hydrogen-bond acceptors (Lipinski definition) is 2. The van der Waals surface area contributed by atoms with Gasteiger partial charge in [0.2, 0.25) is 0 Å². The van der Waals surface area contributed by atoms with E-state index >= 15 is 0 Å². The first-order chi connectivity index (χ1) is 8.54. The predicted octanol–water partition coefficient (Wildman–Crippen LogP) is 3.12. The van der Waals surface area contributed by atoms with Gasteiger partial charge in [-0.3, -0.25) is 0 Å². The van der Waals surface area contributed by atoms with Gasteiger partial charge >= 0.3 is 6.03 Å². The highest BCUT2D eigenvalue weighted by molar-refractivity contribution is 9.10. The second-order valence-electron chi connectivity index (χ2n) is 3.84. The lowest BCUT2D eigenvalue weighted by atomic mass is 10.1. The van der Waals surface area contributed by atoms with E-state index in [1.165, 1.54) is 0 Å². The van der Waals surface area contributed by atoms with Crippen LogP contribution in [0.1, 0.15) is 11.6 Å². The first kappa shape index (κ1) is 13.1. The fourth-order valence-corrected chi connectivity index (χ4v) is 2.30. The third kappa shape index (κ3) is 2.28. The lowest BCUT2D eigenvalue weighted by molar-refractivity contribution is 0.213. The standard InChI is InChI=1S/C12H11BrClN3O/c1-2-5-17-10(11(15)16-12(17)18)7-3-4-8(13)9(14)6-7/h2-4,6,10H,1,5H2,(H2,15,16,18). The van der Waals surface area contributed by atoms with Crippen LogP contribution in [0.4, 0.5) is 4.79 Å². The van der Waals surface area contributed by atoms with Gasteiger partial charge in [0.15, 0.2) is 0 Å². The van der Waals surface area contributed by atoms with E-state index in [1.807, 2.05) is 12.1 Å². The minimum Gasteiger partial charge on any atom is -0.385 e. The first-order valence-corrected chi connectivity index (χ1v) is 6.42. The number of carbonyl (C=O) groups is 1. The second-order valence-corrected chi connectivity index (χ2v) is 5.10. The van der Waals surface area contributed by atoms with Crippen molar-refractivity contribution in [2.24, 2.45) is 10.7 Å². The molecule has 2 amide bonds. The van der Waals surface area contributed by atoms with Crippen LogP contribution in [0.2, 0.25) is 5.02 Å². The Balaban J connectivity index is 2.40. The number of hydrogen-bond donors (Lipinski definition) is 1. The Kier molecular flexibility index (Phi) is 3.73. The van der Waals surface area contributed by atoms with Crippen molar-refractivity contribution in [1.29, 1.82) is 0 Å². The van der Waals surface area contributed by atoms with E-state index in [2.05, 4.69) is 27.5 Å². The molecule has 0 radical (unpaired) electrons. The Bertz CT molecular complexity index is 544. The Labute approximate surface area is 118 Å². The topological polar surface area (TPSA) is 58.7 Å². The Morgan fingerprint density at radius 3 is 2.94 bits per heavy atom. The lowest BCUT2D eigenvalue weighted by Crippen LogP contribution is -2.33. The summed E-state index contributed by atoms with van der Waals surface area (Å²) in [7, 11) is 0. The quantitative estimate of drug-likeness (QED) is 0.867. The largest absolute Gasteiger partial charge is 0.385 e. The molecule has 0 saturated carbocycles. The number of carbonyl (C=O) groups excluding carboxylic acids is 1. The van der Waals surface area contributed by atoms with Crippen molar-refractivity contribution >= 4 is 39.4 Å². The van der Waals surface area contributed by atoms with Crippen molar-refractivity contribution in [1.82, 2.24) is 4.90 Å². The molecule has 0 aromatic heterocycles. The zero-order valence-electron chi connectivity index (χ0n) is 9.44. The summed E-state index contributed by atoms with van der Waals surface area (Å²) in [5.74, 6) is 0.278. The smallest absolute Gasteiger partial charge is 0.346 e. The maximum atomic E-state index is 11.7. The average molecular weight is 329 g/mol. The SMILES string of the molecule is C=CCN1C(=O)N=C(N)C1c1ccc(Br)c(Cl)c1. The maximum absolute atomic E-state index is 11.7. The third-order valence-electron chi connectivity index (χ3n) is 2.65. The Hall–Kier alpha value is -1.33. The number of nitrogens with zero attached hydrogens (tertiary/aromatic N) is 2. The monoisotopic (exact) mass is 327 g/mol. The molecule has 2 N–H and O–H groups in total. The molecule has 0 fully saturated rings. The van der Waals surface area contributed by atoms with Crippen LogP contribution in [0.15, 0.2) is 40.3 Å². The molecule has 4 nitrogen and oxygen atoms in total. The summed E-state index contributed by atoms with van der Waals surface area (Å²) in [5, 5.41) is 0.568. The van der Waals surface area contributed by atoms with Gasteiger partial charge < -0.3 is 10.6 Å². The summed E-state index contributed by atoms with van der Waals surface area (Å²) < 4.78 is 0.794. The normalized spacial score (nSPS) is 19.0. The number of amides is 2. The molecule has 94 valence electrons. The highest BCUT2D eigenvalue weighted by atomic mass is 79.9. The second kappa shape index (κ2) is 5.12.